The van der Waals surface area contributed by atoms with E-state index in [4.69, 9.17) is 5.73 Å². The highest BCUT2D eigenvalue weighted by molar-refractivity contribution is 5.85. The monoisotopic (exact) mass is 300 g/mol. The quantitative estimate of drug-likeness (QED) is 0.902. The molecule has 0 spiro atoms. The Bertz CT molecular complexity index is 465. The second-order valence-corrected chi connectivity index (χ2v) is 5.65. The van der Waals surface area contributed by atoms with E-state index in [1.165, 1.54) is 12.1 Å². The van der Waals surface area contributed by atoms with E-state index in [0.29, 0.717) is 6.54 Å². The Kier molecular flexibility index (Phi) is 5.96. The Labute approximate surface area is 125 Å². The van der Waals surface area contributed by atoms with Crippen LogP contribution >= 0.6 is 12.4 Å². The number of nitrogens with one attached hydrogen (secondary N) is 1. The predicted octanol–water partition coefficient (Wildman–Crippen LogP) is 2.77. The van der Waals surface area contributed by atoms with Gasteiger partial charge >= 0.3 is 0 Å². The topological polar surface area (TPSA) is 55.1 Å². The van der Waals surface area contributed by atoms with Crippen molar-refractivity contribution in [2.45, 2.75) is 44.7 Å². The first kappa shape index (κ1) is 16.9. The summed E-state index contributed by atoms with van der Waals surface area (Å²) in [5.74, 6) is -0.447. The largest absolute Gasteiger partial charge is 0.352 e. The fraction of sp³-hybridized carbons (Fsp3) is 0.533. The molecule has 1 aliphatic rings. The standard InChI is InChI=1S/C15H21FN2O.ClH/c1-15(17)8-3-2-7-13(15)14(19)18-10-11-5-4-6-12(16)9-11;/h4-6,9,13H,2-3,7-8,10,17H2,1H3,(H,18,19);1H. The van der Waals surface area contributed by atoms with Crippen LogP contribution in [0.15, 0.2) is 24.3 Å². The summed E-state index contributed by atoms with van der Waals surface area (Å²) in [4.78, 5) is 12.2. The van der Waals surface area contributed by atoms with Crippen molar-refractivity contribution in [2.75, 3.05) is 0 Å². The Hall–Kier alpha value is -1.13. The Morgan fingerprint density at radius 3 is 2.90 bits per heavy atom. The van der Waals surface area contributed by atoms with Crippen molar-refractivity contribution in [3.8, 4) is 0 Å². The summed E-state index contributed by atoms with van der Waals surface area (Å²) in [5, 5.41) is 2.87. The van der Waals surface area contributed by atoms with E-state index in [-0.39, 0.29) is 30.0 Å². The van der Waals surface area contributed by atoms with Gasteiger partial charge in [0.2, 0.25) is 5.91 Å². The number of amides is 1. The van der Waals surface area contributed by atoms with Crippen LogP contribution in [0.1, 0.15) is 38.2 Å². The van der Waals surface area contributed by atoms with Gasteiger partial charge in [0.15, 0.2) is 0 Å². The lowest BCUT2D eigenvalue weighted by Gasteiger charge is -2.37. The minimum Gasteiger partial charge on any atom is -0.352 e. The molecular weight excluding hydrogens is 279 g/mol. The summed E-state index contributed by atoms with van der Waals surface area (Å²) >= 11 is 0. The molecule has 0 saturated heterocycles. The van der Waals surface area contributed by atoms with Gasteiger partial charge in [-0.15, -0.1) is 12.4 Å². The van der Waals surface area contributed by atoms with Gasteiger partial charge in [0, 0.05) is 12.1 Å². The first-order valence-electron chi connectivity index (χ1n) is 6.80. The van der Waals surface area contributed by atoms with E-state index in [0.717, 1.165) is 31.2 Å². The number of rotatable bonds is 3. The van der Waals surface area contributed by atoms with Gasteiger partial charge in [0.25, 0.3) is 0 Å². The fourth-order valence-corrected chi connectivity index (χ4v) is 2.75. The van der Waals surface area contributed by atoms with Gasteiger partial charge < -0.3 is 11.1 Å². The second kappa shape index (κ2) is 7.04. The summed E-state index contributed by atoms with van der Waals surface area (Å²) in [7, 11) is 0. The zero-order chi connectivity index (χ0) is 13.9. The molecule has 3 N–H and O–H groups in total. The molecule has 3 nitrogen and oxygen atoms in total. The zero-order valence-electron chi connectivity index (χ0n) is 11.7. The van der Waals surface area contributed by atoms with Gasteiger partial charge in [-0.25, -0.2) is 4.39 Å². The highest BCUT2D eigenvalue weighted by atomic mass is 35.5. The lowest BCUT2D eigenvalue weighted by atomic mass is 9.74. The van der Waals surface area contributed by atoms with Crippen molar-refractivity contribution in [1.82, 2.24) is 5.32 Å². The van der Waals surface area contributed by atoms with Crippen molar-refractivity contribution in [3.05, 3.63) is 35.6 Å². The molecule has 0 heterocycles. The molecule has 1 aromatic rings. The molecule has 5 heteroatoms. The summed E-state index contributed by atoms with van der Waals surface area (Å²) in [6.07, 6.45) is 3.85. The minimum atomic E-state index is -0.426. The molecule has 1 aliphatic carbocycles. The molecule has 2 atom stereocenters. The van der Waals surface area contributed by atoms with Crippen LogP contribution < -0.4 is 11.1 Å². The fourth-order valence-electron chi connectivity index (χ4n) is 2.75. The summed E-state index contributed by atoms with van der Waals surface area (Å²) in [6.45, 7) is 2.29. The molecule has 1 aromatic carbocycles. The van der Waals surface area contributed by atoms with E-state index in [1.54, 1.807) is 12.1 Å². The summed E-state index contributed by atoms with van der Waals surface area (Å²) < 4.78 is 13.0. The summed E-state index contributed by atoms with van der Waals surface area (Å²) in [5.41, 5.74) is 6.54. The number of carbonyl (C=O) groups is 1. The van der Waals surface area contributed by atoms with E-state index < -0.39 is 5.54 Å². The van der Waals surface area contributed by atoms with Crippen molar-refractivity contribution in [2.24, 2.45) is 11.7 Å². The normalized spacial score (nSPS) is 25.6. The molecule has 1 fully saturated rings. The third-order valence-electron chi connectivity index (χ3n) is 3.93. The van der Waals surface area contributed by atoms with Crippen LogP contribution in [0, 0.1) is 11.7 Å². The SMILES string of the molecule is CC1(N)CCCCC1C(=O)NCc1cccc(F)c1.Cl. The van der Waals surface area contributed by atoms with Crippen LogP contribution in [0.4, 0.5) is 4.39 Å². The number of hydrogen-bond donors (Lipinski definition) is 2. The second-order valence-electron chi connectivity index (χ2n) is 5.65. The maximum atomic E-state index is 13.0. The van der Waals surface area contributed by atoms with E-state index in [2.05, 4.69) is 5.32 Å². The Morgan fingerprint density at radius 2 is 2.25 bits per heavy atom. The Balaban J connectivity index is 0.00000200. The van der Waals surface area contributed by atoms with Crippen molar-refractivity contribution in [3.63, 3.8) is 0 Å². The van der Waals surface area contributed by atoms with Crippen molar-refractivity contribution < 1.29 is 9.18 Å². The number of benzene rings is 1. The third kappa shape index (κ3) is 4.18. The Morgan fingerprint density at radius 1 is 1.50 bits per heavy atom. The van der Waals surface area contributed by atoms with Crippen LogP contribution in [0.2, 0.25) is 0 Å². The van der Waals surface area contributed by atoms with Crippen molar-refractivity contribution in [1.29, 1.82) is 0 Å². The van der Waals surface area contributed by atoms with Crippen LogP contribution in [0.25, 0.3) is 0 Å². The molecule has 0 bridgehead atoms. The minimum absolute atomic E-state index is 0. The molecule has 1 saturated carbocycles. The van der Waals surface area contributed by atoms with E-state index in [1.807, 2.05) is 6.92 Å². The number of hydrogen-bond acceptors (Lipinski definition) is 2. The van der Waals surface area contributed by atoms with Gasteiger partial charge in [0.05, 0.1) is 5.92 Å². The van der Waals surface area contributed by atoms with Crippen molar-refractivity contribution >= 4 is 18.3 Å². The predicted molar refractivity (Wildman–Crippen MR) is 80.0 cm³/mol. The van der Waals surface area contributed by atoms with Crippen LogP contribution in [0.3, 0.4) is 0 Å². The van der Waals surface area contributed by atoms with Crippen LogP contribution in [-0.4, -0.2) is 11.4 Å². The molecule has 1 amide bonds. The molecule has 2 unspecified atom stereocenters. The first-order chi connectivity index (χ1) is 8.99. The molecule has 20 heavy (non-hydrogen) atoms. The molecule has 0 aliphatic heterocycles. The van der Waals surface area contributed by atoms with Gasteiger partial charge in [-0.05, 0) is 37.5 Å². The number of halogens is 2. The number of carbonyl (C=O) groups excluding carboxylic acids is 1. The molecular formula is C15H22ClFN2O. The first-order valence-corrected chi connectivity index (χ1v) is 6.80. The lowest BCUT2D eigenvalue weighted by molar-refractivity contribution is -0.128. The average Bonchev–Trinajstić information content (AvgIpc) is 2.35. The van der Waals surface area contributed by atoms with E-state index in [9.17, 15) is 9.18 Å². The number of nitrogens with two attached hydrogens (primary N) is 1. The zero-order valence-corrected chi connectivity index (χ0v) is 12.5. The van der Waals surface area contributed by atoms with Gasteiger partial charge in [-0.1, -0.05) is 25.0 Å². The van der Waals surface area contributed by atoms with Crippen LogP contribution in [0.5, 0.6) is 0 Å². The lowest BCUT2D eigenvalue weighted by Crippen LogP contribution is -2.52. The summed E-state index contributed by atoms with van der Waals surface area (Å²) in [6, 6.07) is 6.27. The average molecular weight is 301 g/mol. The van der Waals surface area contributed by atoms with Gasteiger partial charge in [-0.3, -0.25) is 4.79 Å². The maximum absolute atomic E-state index is 13.0. The smallest absolute Gasteiger partial charge is 0.225 e. The van der Waals surface area contributed by atoms with E-state index >= 15 is 0 Å². The third-order valence-corrected chi connectivity index (χ3v) is 3.93. The van der Waals surface area contributed by atoms with Crippen LogP contribution in [-0.2, 0) is 11.3 Å². The molecule has 2 rings (SSSR count). The van der Waals surface area contributed by atoms with Gasteiger partial charge in [-0.2, -0.15) is 0 Å². The highest BCUT2D eigenvalue weighted by Gasteiger charge is 2.37. The highest BCUT2D eigenvalue weighted by Crippen LogP contribution is 2.31. The molecule has 0 radical (unpaired) electrons. The maximum Gasteiger partial charge on any atom is 0.225 e. The molecule has 0 aromatic heterocycles. The molecule has 112 valence electrons. The van der Waals surface area contributed by atoms with Gasteiger partial charge in [0.1, 0.15) is 5.82 Å².